The van der Waals surface area contributed by atoms with Gasteiger partial charge >= 0.3 is 6.18 Å². The zero-order valence-electron chi connectivity index (χ0n) is 19.2. The van der Waals surface area contributed by atoms with Crippen molar-refractivity contribution in [2.24, 2.45) is 5.73 Å². The molecule has 7 nitrogen and oxygen atoms in total. The first-order chi connectivity index (χ1) is 16.9. The predicted molar refractivity (Wildman–Crippen MR) is 119 cm³/mol. The van der Waals surface area contributed by atoms with Gasteiger partial charge < -0.3 is 20.2 Å². The molecule has 3 aromatic rings. The van der Waals surface area contributed by atoms with Crippen LogP contribution in [-0.4, -0.2) is 40.9 Å². The third-order valence-corrected chi connectivity index (χ3v) is 6.44. The average Bonchev–Trinajstić information content (AvgIpc) is 2.81. The number of hydrogen-bond donors (Lipinski definition) is 2. The van der Waals surface area contributed by atoms with Crippen molar-refractivity contribution in [1.82, 2.24) is 9.97 Å². The van der Waals surface area contributed by atoms with E-state index in [1.807, 2.05) is 0 Å². The molecule has 0 spiro atoms. The van der Waals surface area contributed by atoms with Crippen LogP contribution in [0.5, 0.6) is 5.75 Å². The van der Waals surface area contributed by atoms with Gasteiger partial charge in [-0.15, -0.1) is 0 Å². The Morgan fingerprint density at radius 2 is 2.00 bits per heavy atom. The molecule has 1 saturated heterocycles. The van der Waals surface area contributed by atoms with E-state index in [0.717, 1.165) is 19.1 Å². The van der Waals surface area contributed by atoms with Crippen molar-refractivity contribution in [3.63, 3.8) is 0 Å². The number of nitrogens with one attached hydrogen (secondary N) is 1. The van der Waals surface area contributed by atoms with Crippen LogP contribution >= 0.6 is 0 Å². The zero-order valence-corrected chi connectivity index (χ0v) is 19.2. The van der Waals surface area contributed by atoms with Gasteiger partial charge in [-0.05, 0) is 32.4 Å². The number of halogens is 5. The fraction of sp³-hybridized carbons (Fsp3) is 0.375. The lowest BCUT2D eigenvalue weighted by Gasteiger charge is -2.44. The predicted octanol–water partition coefficient (Wildman–Crippen LogP) is 4.31. The molecule has 2 aromatic heterocycles. The lowest BCUT2D eigenvalue weighted by atomic mass is 9.74. The Balaban J connectivity index is 1.91. The van der Waals surface area contributed by atoms with Gasteiger partial charge in [-0.1, -0.05) is 6.07 Å². The summed E-state index contributed by atoms with van der Waals surface area (Å²) in [4.78, 5) is 31.4. The summed E-state index contributed by atoms with van der Waals surface area (Å²) in [5, 5.41) is -0.0787. The van der Waals surface area contributed by atoms with Gasteiger partial charge in [0.1, 0.15) is 5.69 Å². The number of pyridine rings is 2. The first kappa shape index (κ1) is 25.5. The molecule has 36 heavy (non-hydrogen) atoms. The normalized spacial score (nSPS) is 22.5. The molecule has 0 bridgehead atoms. The summed E-state index contributed by atoms with van der Waals surface area (Å²) in [6.45, 7) is 1.85. The minimum Gasteiger partial charge on any atom is -0.490 e. The number of benzene rings is 1. The molecule has 0 saturated carbocycles. The molecule has 3 atom stereocenters. The van der Waals surface area contributed by atoms with Crippen molar-refractivity contribution in [2.45, 2.75) is 43.9 Å². The Morgan fingerprint density at radius 1 is 1.28 bits per heavy atom. The Labute approximate surface area is 201 Å². The van der Waals surface area contributed by atoms with Crippen molar-refractivity contribution < 1.29 is 36.2 Å². The van der Waals surface area contributed by atoms with E-state index in [0.29, 0.717) is 0 Å². The van der Waals surface area contributed by atoms with Gasteiger partial charge in [0.05, 0.1) is 24.1 Å². The van der Waals surface area contributed by atoms with E-state index in [1.54, 1.807) is 0 Å². The molecular formula is C24H22F5N3O4. The molecule has 1 amide bonds. The minimum atomic E-state index is -4.76. The maximum atomic E-state index is 14.7. The standard InChI is InChI=1S/C24H22F5N3O4/c1-3-35-21-11(4-5-14(25)19(21)26)12-9-23(2,24(27,28)29)36-10-13(12)16-8-17(33)18-15(32-16)6-7-31-20(18)22(30)34/h4-8,12-13H,3,9-10H2,1-2H3,(H2,30,34)(H,32,33)/t12-,13+,23+/m0/s1. The Kier molecular flexibility index (Phi) is 6.50. The van der Waals surface area contributed by atoms with Crippen LogP contribution in [0.25, 0.3) is 10.9 Å². The molecule has 0 unspecified atom stereocenters. The number of fused-ring (bicyclic) bond motifs is 1. The topological polar surface area (TPSA) is 107 Å². The van der Waals surface area contributed by atoms with Crippen LogP contribution < -0.4 is 15.9 Å². The highest BCUT2D eigenvalue weighted by Crippen LogP contribution is 2.51. The molecule has 1 aromatic carbocycles. The summed E-state index contributed by atoms with van der Waals surface area (Å²) >= 11 is 0. The van der Waals surface area contributed by atoms with Gasteiger partial charge in [-0.25, -0.2) is 4.39 Å². The highest BCUT2D eigenvalue weighted by Gasteiger charge is 2.57. The van der Waals surface area contributed by atoms with Gasteiger partial charge in [-0.2, -0.15) is 17.6 Å². The Hall–Kier alpha value is -3.54. The maximum absolute atomic E-state index is 14.7. The second kappa shape index (κ2) is 9.16. The largest absolute Gasteiger partial charge is 0.490 e. The molecule has 12 heteroatoms. The van der Waals surface area contributed by atoms with Crippen molar-refractivity contribution in [3.8, 4) is 5.75 Å². The third-order valence-electron chi connectivity index (χ3n) is 6.44. The fourth-order valence-corrected chi connectivity index (χ4v) is 4.58. The molecule has 0 radical (unpaired) electrons. The molecule has 192 valence electrons. The first-order valence-electron chi connectivity index (χ1n) is 11.0. The number of rotatable bonds is 5. The summed E-state index contributed by atoms with van der Waals surface area (Å²) in [5.74, 6) is -5.96. The summed E-state index contributed by atoms with van der Waals surface area (Å²) in [5.41, 5.74) is 2.18. The Morgan fingerprint density at radius 3 is 2.64 bits per heavy atom. The number of alkyl halides is 3. The monoisotopic (exact) mass is 511 g/mol. The van der Waals surface area contributed by atoms with Gasteiger partial charge in [0.15, 0.2) is 22.6 Å². The van der Waals surface area contributed by atoms with Crippen molar-refractivity contribution in [3.05, 3.63) is 69.3 Å². The van der Waals surface area contributed by atoms with E-state index in [4.69, 9.17) is 15.2 Å². The van der Waals surface area contributed by atoms with Gasteiger partial charge in [-0.3, -0.25) is 14.6 Å². The van der Waals surface area contributed by atoms with E-state index in [1.165, 1.54) is 25.3 Å². The molecule has 1 aliphatic heterocycles. The van der Waals surface area contributed by atoms with Gasteiger partial charge in [0.25, 0.3) is 5.91 Å². The van der Waals surface area contributed by atoms with E-state index < -0.39 is 65.4 Å². The van der Waals surface area contributed by atoms with Crippen LogP contribution in [0.1, 0.15) is 53.8 Å². The molecule has 3 N–H and O–H groups in total. The number of carbonyl (C=O) groups is 1. The number of aromatic amines is 1. The van der Waals surface area contributed by atoms with Crippen LogP contribution in [0.3, 0.4) is 0 Å². The SMILES string of the molecule is CCOc1c([C@@H]2C[C@](C)(C(F)(F)F)OC[C@H]2c2cc(=O)c3c(C(N)=O)nccc3[nH]2)ccc(F)c1F. The number of nitrogens with zero attached hydrogens (tertiary/aromatic N) is 1. The smallest absolute Gasteiger partial charge is 0.417 e. The van der Waals surface area contributed by atoms with Gasteiger partial charge in [0.2, 0.25) is 5.82 Å². The molecule has 1 aliphatic rings. The molecule has 0 aliphatic carbocycles. The number of amides is 1. The number of primary amides is 1. The van der Waals surface area contributed by atoms with Crippen LogP contribution in [0.2, 0.25) is 0 Å². The van der Waals surface area contributed by atoms with E-state index in [-0.39, 0.29) is 34.5 Å². The van der Waals surface area contributed by atoms with E-state index in [9.17, 15) is 31.5 Å². The lowest BCUT2D eigenvalue weighted by molar-refractivity contribution is -0.286. The number of carbonyl (C=O) groups excluding carboxylic acids is 1. The summed E-state index contributed by atoms with van der Waals surface area (Å²) in [6.07, 6.45) is -4.17. The molecule has 1 fully saturated rings. The summed E-state index contributed by atoms with van der Waals surface area (Å²) in [6, 6.07) is 4.53. The lowest BCUT2D eigenvalue weighted by Crippen LogP contribution is -2.51. The number of aromatic nitrogens is 2. The van der Waals surface area contributed by atoms with Crippen molar-refractivity contribution in [2.75, 3.05) is 13.2 Å². The van der Waals surface area contributed by atoms with Gasteiger partial charge in [0, 0.05) is 35.4 Å². The van der Waals surface area contributed by atoms with E-state index in [2.05, 4.69) is 9.97 Å². The third kappa shape index (κ3) is 4.29. The number of H-pyrrole nitrogens is 1. The minimum absolute atomic E-state index is 0.00743. The zero-order chi connectivity index (χ0) is 26.4. The molecular weight excluding hydrogens is 489 g/mol. The number of hydrogen-bond acceptors (Lipinski definition) is 5. The summed E-state index contributed by atoms with van der Waals surface area (Å²) in [7, 11) is 0. The van der Waals surface area contributed by atoms with Crippen molar-refractivity contribution in [1.29, 1.82) is 0 Å². The average molecular weight is 511 g/mol. The van der Waals surface area contributed by atoms with Crippen LogP contribution in [-0.2, 0) is 4.74 Å². The summed E-state index contributed by atoms with van der Waals surface area (Å²) < 4.78 is 81.1. The number of nitrogens with two attached hydrogens (primary N) is 1. The highest BCUT2D eigenvalue weighted by atomic mass is 19.4. The quantitative estimate of drug-likeness (QED) is 0.497. The second-order valence-corrected chi connectivity index (χ2v) is 8.70. The highest BCUT2D eigenvalue weighted by molar-refractivity contribution is 6.03. The molecule has 3 heterocycles. The fourth-order valence-electron chi connectivity index (χ4n) is 4.58. The van der Waals surface area contributed by atoms with E-state index >= 15 is 0 Å². The first-order valence-corrected chi connectivity index (χ1v) is 11.0. The van der Waals surface area contributed by atoms with Crippen LogP contribution in [0.15, 0.2) is 35.3 Å². The van der Waals surface area contributed by atoms with Crippen molar-refractivity contribution >= 4 is 16.8 Å². The Bertz CT molecular complexity index is 1390. The number of ether oxygens (including phenoxy) is 2. The van der Waals surface area contributed by atoms with Crippen LogP contribution in [0.4, 0.5) is 22.0 Å². The van der Waals surface area contributed by atoms with Crippen LogP contribution in [0, 0.1) is 11.6 Å². The maximum Gasteiger partial charge on any atom is 0.417 e. The molecule has 4 rings (SSSR count). The second-order valence-electron chi connectivity index (χ2n) is 8.70.